The lowest BCUT2D eigenvalue weighted by atomic mass is 10.2. The zero-order valence-electron chi connectivity index (χ0n) is 12.5. The molecule has 0 spiro atoms. The van der Waals surface area contributed by atoms with E-state index in [-0.39, 0.29) is 24.9 Å². The molecule has 1 aromatic heterocycles. The van der Waals surface area contributed by atoms with E-state index in [1.807, 2.05) is 13.8 Å². The highest BCUT2D eigenvalue weighted by molar-refractivity contribution is 5.47. The van der Waals surface area contributed by atoms with Gasteiger partial charge in [-0.15, -0.1) is 0 Å². The van der Waals surface area contributed by atoms with Crippen LogP contribution in [0.4, 0.5) is 23.4 Å². The first-order valence-electron chi connectivity index (χ1n) is 6.92. The molecule has 0 atom stereocenters. The van der Waals surface area contributed by atoms with Crippen LogP contribution in [0.25, 0.3) is 0 Å². The largest absolute Gasteiger partial charge is 0.405 e. The van der Waals surface area contributed by atoms with E-state index in [1.54, 1.807) is 6.92 Å². The summed E-state index contributed by atoms with van der Waals surface area (Å²) >= 11 is 0. The van der Waals surface area contributed by atoms with Crippen molar-refractivity contribution >= 4 is 5.82 Å². The van der Waals surface area contributed by atoms with Crippen LogP contribution >= 0.6 is 0 Å². The molecule has 0 aromatic carbocycles. The Kier molecular flexibility index (Phi) is 6.39. The summed E-state index contributed by atoms with van der Waals surface area (Å²) in [4.78, 5) is 5.02. The van der Waals surface area contributed by atoms with Gasteiger partial charge in [0.1, 0.15) is 18.2 Å². The first-order chi connectivity index (χ1) is 9.73. The maximum absolute atomic E-state index is 13.3. The maximum atomic E-state index is 13.3. The van der Waals surface area contributed by atoms with E-state index in [0.29, 0.717) is 12.0 Å². The molecule has 1 rings (SSSR count). The monoisotopic (exact) mass is 307 g/mol. The van der Waals surface area contributed by atoms with Gasteiger partial charge in [-0.05, 0) is 12.5 Å². The molecule has 3 nitrogen and oxygen atoms in total. The molecule has 0 aliphatic rings. The SMILES string of the molecule is CCCN(CC(F)(F)F)c1ncc(F)cc1CNC(C)C. The Morgan fingerprint density at radius 1 is 1.33 bits per heavy atom. The number of nitrogens with zero attached hydrogens (tertiary/aromatic N) is 2. The normalized spacial score (nSPS) is 12.0. The van der Waals surface area contributed by atoms with E-state index in [0.717, 1.165) is 11.1 Å². The molecule has 21 heavy (non-hydrogen) atoms. The van der Waals surface area contributed by atoms with E-state index in [4.69, 9.17) is 0 Å². The molecule has 0 amide bonds. The number of hydrogen-bond donors (Lipinski definition) is 1. The van der Waals surface area contributed by atoms with Gasteiger partial charge in [0.15, 0.2) is 0 Å². The zero-order valence-corrected chi connectivity index (χ0v) is 12.5. The molecular weight excluding hydrogens is 286 g/mol. The second-order valence-electron chi connectivity index (χ2n) is 5.21. The van der Waals surface area contributed by atoms with Gasteiger partial charge in [0.2, 0.25) is 0 Å². The van der Waals surface area contributed by atoms with Crippen LogP contribution in [-0.4, -0.2) is 30.3 Å². The molecule has 0 aliphatic heterocycles. The number of alkyl halides is 3. The second kappa shape index (κ2) is 7.59. The third-order valence-corrected chi connectivity index (χ3v) is 2.77. The van der Waals surface area contributed by atoms with Crippen LogP contribution < -0.4 is 10.2 Å². The third-order valence-electron chi connectivity index (χ3n) is 2.77. The number of hydrogen-bond acceptors (Lipinski definition) is 3. The molecule has 1 heterocycles. The average Bonchev–Trinajstić information content (AvgIpc) is 2.34. The Hall–Kier alpha value is -1.37. The van der Waals surface area contributed by atoms with Crippen LogP contribution in [0.5, 0.6) is 0 Å². The van der Waals surface area contributed by atoms with Crippen LogP contribution in [0, 0.1) is 5.82 Å². The maximum Gasteiger partial charge on any atom is 0.405 e. The molecule has 0 saturated carbocycles. The van der Waals surface area contributed by atoms with Crippen molar-refractivity contribution in [3.05, 3.63) is 23.6 Å². The van der Waals surface area contributed by atoms with Gasteiger partial charge < -0.3 is 10.2 Å². The molecule has 1 N–H and O–H groups in total. The number of aromatic nitrogens is 1. The highest BCUT2D eigenvalue weighted by Crippen LogP contribution is 2.24. The fraction of sp³-hybridized carbons (Fsp3) is 0.643. The van der Waals surface area contributed by atoms with Crippen molar-refractivity contribution in [3.8, 4) is 0 Å². The van der Waals surface area contributed by atoms with Gasteiger partial charge in [0, 0.05) is 24.7 Å². The topological polar surface area (TPSA) is 28.2 Å². The van der Waals surface area contributed by atoms with Crippen LogP contribution in [0.2, 0.25) is 0 Å². The van der Waals surface area contributed by atoms with Gasteiger partial charge >= 0.3 is 6.18 Å². The number of anilines is 1. The Bertz CT molecular complexity index is 446. The van der Waals surface area contributed by atoms with Crippen LogP contribution in [0.1, 0.15) is 32.8 Å². The van der Waals surface area contributed by atoms with E-state index < -0.39 is 18.5 Å². The van der Waals surface area contributed by atoms with Crippen LogP contribution in [0.3, 0.4) is 0 Å². The minimum absolute atomic E-state index is 0.142. The van der Waals surface area contributed by atoms with Crippen LogP contribution in [-0.2, 0) is 6.54 Å². The number of rotatable bonds is 7. The lowest BCUT2D eigenvalue weighted by Crippen LogP contribution is -2.36. The van der Waals surface area contributed by atoms with Crippen molar-refractivity contribution in [3.63, 3.8) is 0 Å². The molecule has 120 valence electrons. The first-order valence-corrected chi connectivity index (χ1v) is 6.92. The quantitative estimate of drug-likeness (QED) is 0.782. The Balaban J connectivity index is 3.05. The van der Waals surface area contributed by atoms with E-state index in [2.05, 4.69) is 10.3 Å². The van der Waals surface area contributed by atoms with E-state index >= 15 is 0 Å². The minimum Gasteiger partial charge on any atom is -0.347 e. The summed E-state index contributed by atoms with van der Waals surface area (Å²) in [6.45, 7) is 5.01. The van der Waals surface area contributed by atoms with Gasteiger partial charge in [-0.2, -0.15) is 13.2 Å². The van der Waals surface area contributed by atoms with Gasteiger partial charge in [-0.1, -0.05) is 20.8 Å². The Labute approximate surface area is 122 Å². The van der Waals surface area contributed by atoms with Crippen molar-refractivity contribution < 1.29 is 17.6 Å². The molecule has 0 radical (unpaired) electrons. The van der Waals surface area contributed by atoms with E-state index in [1.165, 1.54) is 6.07 Å². The smallest absolute Gasteiger partial charge is 0.347 e. The lowest BCUT2D eigenvalue weighted by molar-refractivity contribution is -0.119. The lowest BCUT2D eigenvalue weighted by Gasteiger charge is -2.26. The molecule has 0 bridgehead atoms. The minimum atomic E-state index is -4.33. The fourth-order valence-corrected chi connectivity index (χ4v) is 1.95. The standard InChI is InChI=1S/C14H21F4N3/c1-4-5-21(9-14(16,17)18)13-11(7-19-10(2)3)6-12(15)8-20-13/h6,8,10,19H,4-5,7,9H2,1-3H3. The van der Waals surface area contributed by atoms with Crippen LogP contribution in [0.15, 0.2) is 12.3 Å². The average molecular weight is 307 g/mol. The molecule has 7 heteroatoms. The van der Waals surface area contributed by atoms with Crippen molar-refractivity contribution in [2.45, 2.75) is 46.0 Å². The number of halogens is 4. The summed E-state index contributed by atoms with van der Waals surface area (Å²) in [5.41, 5.74) is 0.432. The predicted octanol–water partition coefficient (Wildman–Crippen LogP) is 3.50. The van der Waals surface area contributed by atoms with Crippen molar-refractivity contribution in [2.24, 2.45) is 0 Å². The molecule has 0 unspecified atom stereocenters. The summed E-state index contributed by atoms with van der Waals surface area (Å²) in [7, 11) is 0. The fourth-order valence-electron chi connectivity index (χ4n) is 1.95. The molecule has 0 saturated heterocycles. The highest BCUT2D eigenvalue weighted by atomic mass is 19.4. The summed E-state index contributed by atoms with van der Waals surface area (Å²) in [5, 5.41) is 3.07. The zero-order chi connectivity index (χ0) is 16.0. The molecular formula is C14H21F4N3. The van der Waals surface area contributed by atoms with Gasteiger partial charge in [-0.25, -0.2) is 9.37 Å². The third kappa shape index (κ3) is 6.29. The van der Waals surface area contributed by atoms with Crippen molar-refractivity contribution in [1.82, 2.24) is 10.3 Å². The van der Waals surface area contributed by atoms with Gasteiger partial charge in [0.05, 0.1) is 6.20 Å². The van der Waals surface area contributed by atoms with E-state index in [9.17, 15) is 17.6 Å². The number of nitrogens with one attached hydrogen (secondary N) is 1. The predicted molar refractivity (Wildman–Crippen MR) is 74.7 cm³/mol. The highest BCUT2D eigenvalue weighted by Gasteiger charge is 2.31. The summed E-state index contributed by atoms with van der Waals surface area (Å²) in [6, 6.07) is 1.37. The first kappa shape index (κ1) is 17.7. The Morgan fingerprint density at radius 3 is 2.52 bits per heavy atom. The molecule has 0 aliphatic carbocycles. The van der Waals surface area contributed by atoms with Gasteiger partial charge in [0.25, 0.3) is 0 Å². The number of pyridine rings is 1. The molecule has 0 fully saturated rings. The van der Waals surface area contributed by atoms with Crippen molar-refractivity contribution in [2.75, 3.05) is 18.0 Å². The summed E-state index contributed by atoms with van der Waals surface area (Å²) < 4.78 is 51.4. The molecule has 1 aromatic rings. The summed E-state index contributed by atoms with van der Waals surface area (Å²) in [6.07, 6.45) is -2.83. The second-order valence-corrected chi connectivity index (χ2v) is 5.21. The van der Waals surface area contributed by atoms with Gasteiger partial charge in [-0.3, -0.25) is 0 Å². The van der Waals surface area contributed by atoms with Crippen molar-refractivity contribution in [1.29, 1.82) is 0 Å². The Morgan fingerprint density at radius 2 is 2.00 bits per heavy atom. The summed E-state index contributed by atoms with van der Waals surface area (Å²) in [5.74, 6) is -0.369.